The van der Waals surface area contributed by atoms with E-state index in [0.717, 1.165) is 17.0 Å². The maximum absolute atomic E-state index is 12.0. The van der Waals surface area contributed by atoms with Gasteiger partial charge in [-0.1, -0.05) is 48.5 Å². The minimum atomic E-state index is -0.275. The zero-order valence-corrected chi connectivity index (χ0v) is 15.1. The number of rotatable bonds is 7. The zero-order chi connectivity index (χ0) is 19.1. The molecule has 1 aromatic heterocycles. The Bertz CT molecular complexity index is 905. The summed E-state index contributed by atoms with van der Waals surface area (Å²) in [4.78, 5) is 28.3. The standard InChI is InChI=1S/C21H21N3O3/c1-15-24-20(16-8-4-2-5-9-16)18(27-15)12-13-22-19(25)14-23-21(26)17-10-6-3-7-11-17/h2-11H,12-14H2,1H3,(H,22,25)(H,23,26). The molecule has 0 unspecified atom stereocenters. The minimum absolute atomic E-state index is 0.0747. The lowest BCUT2D eigenvalue weighted by atomic mass is 10.1. The number of nitrogens with zero attached hydrogens (tertiary/aromatic N) is 1. The monoisotopic (exact) mass is 363 g/mol. The fourth-order valence-corrected chi connectivity index (χ4v) is 2.69. The molecular weight excluding hydrogens is 342 g/mol. The normalized spacial score (nSPS) is 10.4. The summed E-state index contributed by atoms with van der Waals surface area (Å²) in [6, 6.07) is 18.6. The van der Waals surface area contributed by atoms with Gasteiger partial charge in [0, 0.05) is 31.0 Å². The second kappa shape index (κ2) is 8.80. The Morgan fingerprint density at radius 1 is 0.963 bits per heavy atom. The van der Waals surface area contributed by atoms with Gasteiger partial charge in [0.25, 0.3) is 5.91 Å². The highest BCUT2D eigenvalue weighted by molar-refractivity contribution is 5.96. The maximum Gasteiger partial charge on any atom is 0.251 e. The molecule has 0 aliphatic carbocycles. The maximum atomic E-state index is 12.0. The topological polar surface area (TPSA) is 84.2 Å². The molecule has 3 aromatic rings. The number of hydrogen-bond acceptors (Lipinski definition) is 4. The van der Waals surface area contributed by atoms with Gasteiger partial charge in [-0.05, 0) is 12.1 Å². The number of amides is 2. The van der Waals surface area contributed by atoms with E-state index in [0.29, 0.717) is 24.4 Å². The van der Waals surface area contributed by atoms with Gasteiger partial charge in [0.1, 0.15) is 11.5 Å². The number of aromatic nitrogens is 1. The molecule has 3 rings (SSSR count). The average Bonchev–Trinajstić information content (AvgIpc) is 3.08. The second-order valence-corrected chi connectivity index (χ2v) is 6.02. The fourth-order valence-electron chi connectivity index (χ4n) is 2.69. The fraction of sp³-hybridized carbons (Fsp3) is 0.190. The van der Waals surface area contributed by atoms with Gasteiger partial charge in [-0.3, -0.25) is 9.59 Å². The predicted octanol–water partition coefficient (Wildman–Crippen LogP) is 2.74. The highest BCUT2D eigenvalue weighted by Crippen LogP contribution is 2.23. The van der Waals surface area contributed by atoms with Crippen molar-refractivity contribution >= 4 is 11.8 Å². The van der Waals surface area contributed by atoms with Crippen LogP contribution in [0.1, 0.15) is 22.0 Å². The van der Waals surface area contributed by atoms with Crippen LogP contribution in [0.4, 0.5) is 0 Å². The molecule has 1 heterocycles. The Hall–Kier alpha value is -3.41. The Labute approximate surface area is 157 Å². The molecule has 6 nitrogen and oxygen atoms in total. The number of aryl methyl sites for hydroxylation is 1. The van der Waals surface area contributed by atoms with Crippen LogP contribution in [-0.2, 0) is 11.2 Å². The summed E-state index contributed by atoms with van der Waals surface area (Å²) in [7, 11) is 0. The molecule has 0 aliphatic rings. The molecule has 138 valence electrons. The minimum Gasteiger partial charge on any atom is -0.445 e. The highest BCUT2D eigenvalue weighted by atomic mass is 16.4. The largest absolute Gasteiger partial charge is 0.445 e. The van der Waals surface area contributed by atoms with Gasteiger partial charge in [0.2, 0.25) is 5.91 Å². The summed E-state index contributed by atoms with van der Waals surface area (Å²) in [6.45, 7) is 2.12. The molecule has 0 atom stereocenters. The Kier molecular flexibility index (Phi) is 5.99. The Balaban J connectivity index is 1.49. The molecule has 0 radical (unpaired) electrons. The van der Waals surface area contributed by atoms with E-state index in [9.17, 15) is 9.59 Å². The second-order valence-electron chi connectivity index (χ2n) is 6.02. The summed E-state index contributed by atoms with van der Waals surface area (Å²) in [5, 5.41) is 5.39. The van der Waals surface area contributed by atoms with Crippen LogP contribution in [0.15, 0.2) is 65.1 Å². The zero-order valence-electron chi connectivity index (χ0n) is 15.1. The molecule has 0 saturated heterocycles. The van der Waals surface area contributed by atoms with Crippen LogP contribution >= 0.6 is 0 Å². The first-order valence-electron chi connectivity index (χ1n) is 8.75. The molecule has 0 fully saturated rings. The Morgan fingerprint density at radius 2 is 1.63 bits per heavy atom. The van der Waals surface area contributed by atoms with Crippen molar-refractivity contribution < 1.29 is 14.0 Å². The third-order valence-corrected chi connectivity index (χ3v) is 3.97. The number of benzene rings is 2. The van der Waals surface area contributed by atoms with Crippen molar-refractivity contribution in [3.8, 4) is 11.3 Å². The van der Waals surface area contributed by atoms with E-state index in [1.807, 2.05) is 36.4 Å². The first-order chi connectivity index (χ1) is 13.1. The van der Waals surface area contributed by atoms with Gasteiger partial charge in [-0.2, -0.15) is 0 Å². The number of carbonyl (C=O) groups is 2. The van der Waals surface area contributed by atoms with Gasteiger partial charge in [0.15, 0.2) is 5.89 Å². The first-order valence-corrected chi connectivity index (χ1v) is 8.75. The van der Waals surface area contributed by atoms with Gasteiger partial charge >= 0.3 is 0 Å². The molecular formula is C21H21N3O3. The van der Waals surface area contributed by atoms with Gasteiger partial charge < -0.3 is 15.1 Å². The van der Waals surface area contributed by atoms with Crippen LogP contribution in [-0.4, -0.2) is 29.9 Å². The van der Waals surface area contributed by atoms with E-state index < -0.39 is 0 Å². The molecule has 27 heavy (non-hydrogen) atoms. The van der Waals surface area contributed by atoms with Crippen molar-refractivity contribution in [1.82, 2.24) is 15.6 Å². The smallest absolute Gasteiger partial charge is 0.251 e. The van der Waals surface area contributed by atoms with Crippen molar-refractivity contribution in [3.05, 3.63) is 77.9 Å². The van der Waals surface area contributed by atoms with E-state index >= 15 is 0 Å². The van der Waals surface area contributed by atoms with Crippen molar-refractivity contribution in [3.63, 3.8) is 0 Å². The number of carbonyl (C=O) groups excluding carboxylic acids is 2. The molecule has 2 aromatic carbocycles. The number of oxazole rings is 1. The van der Waals surface area contributed by atoms with Crippen molar-refractivity contribution in [2.24, 2.45) is 0 Å². The van der Waals surface area contributed by atoms with E-state index in [2.05, 4.69) is 15.6 Å². The Morgan fingerprint density at radius 3 is 2.33 bits per heavy atom. The molecule has 2 N–H and O–H groups in total. The first kappa shape index (κ1) is 18.4. The van der Waals surface area contributed by atoms with Crippen LogP contribution in [0, 0.1) is 6.92 Å². The summed E-state index contributed by atoms with van der Waals surface area (Å²) in [5.41, 5.74) is 2.29. The van der Waals surface area contributed by atoms with Gasteiger partial charge in [0.05, 0.1) is 6.54 Å². The number of nitrogens with one attached hydrogen (secondary N) is 2. The van der Waals surface area contributed by atoms with Crippen molar-refractivity contribution in [2.75, 3.05) is 13.1 Å². The van der Waals surface area contributed by atoms with Crippen LogP contribution < -0.4 is 10.6 Å². The molecule has 0 spiro atoms. The van der Waals surface area contributed by atoms with E-state index in [1.54, 1.807) is 31.2 Å². The molecule has 0 saturated carbocycles. The van der Waals surface area contributed by atoms with Gasteiger partial charge in [-0.25, -0.2) is 4.98 Å². The molecule has 0 bridgehead atoms. The molecule has 6 heteroatoms. The lowest BCUT2D eigenvalue weighted by Crippen LogP contribution is -2.37. The molecule has 0 aliphatic heterocycles. The third kappa shape index (κ3) is 5.04. The third-order valence-electron chi connectivity index (χ3n) is 3.97. The lowest BCUT2D eigenvalue weighted by Gasteiger charge is -2.07. The summed E-state index contributed by atoms with van der Waals surface area (Å²) in [6.07, 6.45) is 0.517. The summed E-state index contributed by atoms with van der Waals surface area (Å²) >= 11 is 0. The number of hydrogen-bond donors (Lipinski definition) is 2. The van der Waals surface area contributed by atoms with Crippen molar-refractivity contribution in [1.29, 1.82) is 0 Å². The van der Waals surface area contributed by atoms with Crippen LogP contribution in [0.2, 0.25) is 0 Å². The predicted molar refractivity (Wildman–Crippen MR) is 102 cm³/mol. The van der Waals surface area contributed by atoms with E-state index in [-0.39, 0.29) is 18.4 Å². The van der Waals surface area contributed by atoms with Gasteiger partial charge in [-0.15, -0.1) is 0 Å². The summed E-state index contributed by atoms with van der Waals surface area (Å²) in [5.74, 6) is 0.789. The highest BCUT2D eigenvalue weighted by Gasteiger charge is 2.13. The van der Waals surface area contributed by atoms with E-state index in [4.69, 9.17) is 4.42 Å². The van der Waals surface area contributed by atoms with Crippen LogP contribution in [0.3, 0.4) is 0 Å². The quantitative estimate of drug-likeness (QED) is 0.676. The van der Waals surface area contributed by atoms with E-state index in [1.165, 1.54) is 0 Å². The van der Waals surface area contributed by atoms with Crippen LogP contribution in [0.25, 0.3) is 11.3 Å². The van der Waals surface area contributed by atoms with Crippen molar-refractivity contribution in [2.45, 2.75) is 13.3 Å². The molecule has 2 amide bonds. The lowest BCUT2D eigenvalue weighted by molar-refractivity contribution is -0.120. The SMILES string of the molecule is Cc1nc(-c2ccccc2)c(CCNC(=O)CNC(=O)c2ccccc2)o1. The van der Waals surface area contributed by atoms with Crippen LogP contribution in [0.5, 0.6) is 0 Å². The summed E-state index contributed by atoms with van der Waals surface area (Å²) < 4.78 is 5.67. The average molecular weight is 363 g/mol.